The van der Waals surface area contributed by atoms with Crippen molar-refractivity contribution >= 4 is 26.3 Å². The van der Waals surface area contributed by atoms with E-state index in [1.54, 1.807) is 31.2 Å². The predicted molar refractivity (Wildman–Crippen MR) is 54.4 cm³/mol. The Morgan fingerprint density at radius 1 is 1.31 bits per heavy atom. The van der Waals surface area contributed by atoms with Gasteiger partial charge in [0.05, 0.1) is 0 Å². The largest absolute Gasteiger partial charge is 1.00 e. The van der Waals surface area contributed by atoms with Gasteiger partial charge in [0.2, 0.25) is 10.4 Å². The zero-order valence-electron chi connectivity index (χ0n) is 8.71. The van der Waals surface area contributed by atoms with Crippen molar-refractivity contribution in [3.05, 3.63) is 34.3 Å². The third kappa shape index (κ3) is 6.79. The minimum absolute atomic E-state index is 0. The minimum atomic E-state index is -4.82. The summed E-state index contributed by atoms with van der Waals surface area (Å²) in [4.78, 5) is 4.42. The fourth-order valence-electron chi connectivity index (χ4n) is 0.896. The predicted octanol–water partition coefficient (Wildman–Crippen LogP) is -1.08. The summed E-state index contributed by atoms with van der Waals surface area (Å²) in [5, 5.41) is 0. The van der Waals surface area contributed by atoms with Gasteiger partial charge in [0.25, 0.3) is 0 Å². The quantitative estimate of drug-likeness (QED) is 0.230. The van der Waals surface area contributed by atoms with Gasteiger partial charge in [-0.1, -0.05) is 28.1 Å². The summed E-state index contributed by atoms with van der Waals surface area (Å²) in [5.41, 5.74) is 0.696. The molecule has 0 unspecified atom stereocenters. The second kappa shape index (κ2) is 7.57. The molecule has 0 bridgehead atoms. The van der Waals surface area contributed by atoms with Crippen LogP contribution in [0.1, 0.15) is 18.6 Å². The molecule has 0 fully saturated rings. The van der Waals surface area contributed by atoms with E-state index in [0.29, 0.717) is 5.56 Å². The van der Waals surface area contributed by atoms with Gasteiger partial charge < -0.3 is 4.55 Å². The molecule has 0 saturated heterocycles. The minimum Gasteiger partial charge on any atom is -0.724 e. The molecule has 1 atom stereocenters. The summed E-state index contributed by atoms with van der Waals surface area (Å²) >= 11 is 3.25. The van der Waals surface area contributed by atoms with Crippen LogP contribution >= 0.6 is 15.9 Å². The Balaban J connectivity index is 0.00000225. The molecule has 0 aliphatic carbocycles. The van der Waals surface area contributed by atoms with Crippen molar-refractivity contribution in [1.29, 1.82) is 0 Å². The Morgan fingerprint density at radius 3 is 2.25 bits per heavy atom. The normalized spacial score (nSPS) is 12.9. The van der Waals surface area contributed by atoms with Crippen molar-refractivity contribution in [2.45, 2.75) is 13.0 Å². The first-order valence-corrected chi connectivity index (χ1v) is 6.07. The summed E-state index contributed by atoms with van der Waals surface area (Å²) in [6.07, 6.45) is -0.637. The van der Waals surface area contributed by atoms with Gasteiger partial charge in [-0.15, -0.1) is 4.33 Å². The van der Waals surface area contributed by atoms with Crippen LogP contribution in [0.15, 0.2) is 28.7 Å². The average molecular weight is 335 g/mol. The van der Waals surface area contributed by atoms with Crippen LogP contribution in [0.2, 0.25) is 0 Å². The molecule has 0 amide bonds. The average Bonchev–Trinajstić information content (AvgIpc) is 2.14. The molecule has 0 N–H and O–H groups in total. The fraction of sp³-hybridized carbons (Fsp3) is 0.250. The molecule has 1 aromatic carbocycles. The van der Waals surface area contributed by atoms with Crippen LogP contribution in [-0.4, -0.2) is 13.0 Å². The molecular formula is C8H8BrKO5S. The second-order valence-corrected chi connectivity index (χ2v) is 4.63. The van der Waals surface area contributed by atoms with Crippen LogP contribution in [-0.2, 0) is 19.6 Å². The van der Waals surface area contributed by atoms with Gasteiger partial charge in [-0.25, -0.2) is 13.3 Å². The van der Waals surface area contributed by atoms with Gasteiger partial charge in [0.15, 0.2) is 0 Å². The van der Waals surface area contributed by atoms with Crippen LogP contribution in [0.4, 0.5) is 0 Å². The van der Waals surface area contributed by atoms with Crippen LogP contribution in [0.5, 0.6) is 0 Å². The number of rotatable bonds is 4. The molecule has 84 valence electrons. The number of hydrogen-bond donors (Lipinski definition) is 0. The summed E-state index contributed by atoms with van der Waals surface area (Å²) in [6.45, 7) is 1.56. The van der Waals surface area contributed by atoms with Crippen molar-refractivity contribution in [3.8, 4) is 0 Å². The van der Waals surface area contributed by atoms with E-state index < -0.39 is 16.5 Å². The molecule has 0 radical (unpaired) electrons. The smallest absolute Gasteiger partial charge is 0.724 e. The molecular weight excluding hydrogens is 327 g/mol. The molecule has 0 aromatic heterocycles. The van der Waals surface area contributed by atoms with Crippen molar-refractivity contribution in [1.82, 2.24) is 0 Å². The first kappa shape index (κ1) is 17.2. The summed E-state index contributed by atoms with van der Waals surface area (Å²) in [7, 11) is -4.82. The van der Waals surface area contributed by atoms with E-state index in [1.165, 1.54) is 0 Å². The zero-order chi connectivity index (χ0) is 11.5. The van der Waals surface area contributed by atoms with E-state index in [-0.39, 0.29) is 51.4 Å². The third-order valence-electron chi connectivity index (χ3n) is 1.61. The molecule has 1 aromatic rings. The maximum Gasteiger partial charge on any atom is 1.00 e. The Kier molecular flexibility index (Phi) is 8.12. The van der Waals surface area contributed by atoms with Gasteiger partial charge in [0.1, 0.15) is 6.10 Å². The van der Waals surface area contributed by atoms with Crippen LogP contribution in [0.3, 0.4) is 0 Å². The molecule has 8 heteroatoms. The Bertz CT molecular complexity index is 419. The second-order valence-electron chi connectivity index (χ2n) is 2.77. The number of benzene rings is 1. The van der Waals surface area contributed by atoms with Crippen molar-refractivity contribution in [2.24, 2.45) is 0 Å². The van der Waals surface area contributed by atoms with Crippen LogP contribution < -0.4 is 51.4 Å². The number of hydrogen-bond acceptors (Lipinski definition) is 5. The first-order chi connectivity index (χ1) is 6.88. The van der Waals surface area contributed by atoms with E-state index >= 15 is 0 Å². The van der Waals surface area contributed by atoms with Crippen molar-refractivity contribution in [3.63, 3.8) is 0 Å². The molecule has 0 heterocycles. The fourth-order valence-corrected chi connectivity index (χ4v) is 1.37. The molecule has 1 rings (SSSR count). The zero-order valence-corrected chi connectivity index (χ0v) is 14.2. The molecule has 0 saturated carbocycles. The Morgan fingerprint density at radius 2 is 1.81 bits per heavy atom. The summed E-state index contributed by atoms with van der Waals surface area (Å²) in [6, 6.07) is 6.97. The van der Waals surface area contributed by atoms with Crippen molar-refractivity contribution in [2.75, 3.05) is 0 Å². The molecule has 0 aliphatic heterocycles. The van der Waals surface area contributed by atoms with Gasteiger partial charge in [-0.05, 0) is 24.6 Å². The Labute approximate surface area is 145 Å². The monoisotopic (exact) mass is 334 g/mol. The van der Waals surface area contributed by atoms with E-state index in [4.69, 9.17) is 0 Å². The molecule has 16 heavy (non-hydrogen) atoms. The number of halogens is 1. The topological polar surface area (TPSA) is 75.7 Å². The SMILES string of the molecule is C[C@@H](OOS(=O)(=O)[O-])c1ccc(Br)cc1.[K+]. The maximum atomic E-state index is 10.1. The van der Waals surface area contributed by atoms with E-state index in [1.807, 2.05) is 0 Å². The van der Waals surface area contributed by atoms with Crippen molar-refractivity contribution < 1.29 is 73.6 Å². The van der Waals surface area contributed by atoms with E-state index in [0.717, 1.165) is 4.47 Å². The Hall–Kier alpha value is 1.17. The standard InChI is InChI=1S/C8H9BrO5S.K/c1-6(13-14-15(10,11)12)7-2-4-8(9)5-3-7;/h2-6H,1H3,(H,10,11,12);/q;+1/p-1/t6-;/m1./s1. The van der Waals surface area contributed by atoms with Crippen LogP contribution in [0, 0.1) is 0 Å². The van der Waals surface area contributed by atoms with Gasteiger partial charge >= 0.3 is 51.4 Å². The van der Waals surface area contributed by atoms with Crippen LogP contribution in [0.25, 0.3) is 0 Å². The third-order valence-corrected chi connectivity index (χ3v) is 2.38. The summed E-state index contributed by atoms with van der Waals surface area (Å²) < 4.78 is 34.9. The van der Waals surface area contributed by atoms with Gasteiger partial charge in [-0.3, -0.25) is 0 Å². The van der Waals surface area contributed by atoms with E-state index in [9.17, 15) is 13.0 Å². The molecule has 0 aliphatic rings. The molecule has 5 nitrogen and oxygen atoms in total. The van der Waals surface area contributed by atoms with E-state index in [2.05, 4.69) is 25.2 Å². The van der Waals surface area contributed by atoms with Gasteiger partial charge in [-0.2, -0.15) is 0 Å². The first-order valence-electron chi connectivity index (χ1n) is 3.95. The van der Waals surface area contributed by atoms with Gasteiger partial charge in [0, 0.05) is 4.47 Å². The summed E-state index contributed by atoms with van der Waals surface area (Å²) in [5.74, 6) is 0. The molecule has 0 spiro atoms. The maximum absolute atomic E-state index is 10.1.